The smallest absolute Gasteiger partial charge is 0.241 e. The molecule has 9 heteroatoms. The topological polar surface area (TPSA) is 93.7 Å². The van der Waals surface area contributed by atoms with Crippen LogP contribution in [0.15, 0.2) is 53.4 Å². The number of rotatable bonds is 10. The number of ether oxygens (including phenoxy) is 2. The van der Waals surface area contributed by atoms with Gasteiger partial charge in [0.1, 0.15) is 6.04 Å². The van der Waals surface area contributed by atoms with E-state index in [0.29, 0.717) is 36.6 Å². The molecular formula is C20H24N2O5S2. The zero-order valence-corrected chi connectivity index (χ0v) is 17.7. The van der Waals surface area contributed by atoms with Crippen LogP contribution in [0.3, 0.4) is 0 Å². The standard InChI is InChI=1S/C20H24N2O5S2/c1-28-12-10-17(22-29(24,25)16-5-3-2-4-6-16)20(23)21-11-9-15-7-8-18-19(13-15)27-14-26-18/h2-8,13,17,22H,9-12,14H2,1H3,(H,21,23)/t17-/m0/s1. The Morgan fingerprint density at radius 3 is 2.66 bits per heavy atom. The molecule has 0 aliphatic carbocycles. The summed E-state index contributed by atoms with van der Waals surface area (Å²) in [5.41, 5.74) is 1.00. The zero-order chi connectivity index (χ0) is 20.7. The Morgan fingerprint density at radius 2 is 1.90 bits per heavy atom. The third-order valence-corrected chi connectivity index (χ3v) is 6.56. The average molecular weight is 437 g/mol. The Balaban J connectivity index is 1.58. The van der Waals surface area contributed by atoms with Crippen LogP contribution in [0, 0.1) is 0 Å². The molecule has 0 aromatic heterocycles. The molecule has 1 aliphatic heterocycles. The number of sulfonamides is 1. The van der Waals surface area contributed by atoms with Crippen LogP contribution in [0.25, 0.3) is 0 Å². The first-order chi connectivity index (χ1) is 14.0. The fraction of sp³-hybridized carbons (Fsp3) is 0.350. The fourth-order valence-corrected chi connectivity index (χ4v) is 4.61. The lowest BCUT2D eigenvalue weighted by Crippen LogP contribution is -2.47. The molecule has 0 unspecified atom stereocenters. The number of hydrogen-bond donors (Lipinski definition) is 2. The summed E-state index contributed by atoms with van der Waals surface area (Å²) in [6.45, 7) is 0.607. The van der Waals surface area contributed by atoms with Gasteiger partial charge in [-0.3, -0.25) is 4.79 Å². The molecule has 2 N–H and O–H groups in total. The summed E-state index contributed by atoms with van der Waals surface area (Å²) in [4.78, 5) is 12.8. The van der Waals surface area contributed by atoms with Crippen LogP contribution in [0.2, 0.25) is 0 Å². The summed E-state index contributed by atoms with van der Waals surface area (Å²) in [7, 11) is -3.77. The van der Waals surface area contributed by atoms with E-state index in [0.717, 1.165) is 5.56 Å². The maximum Gasteiger partial charge on any atom is 0.241 e. The first kappa shape index (κ1) is 21.5. The third kappa shape index (κ3) is 5.88. The number of fused-ring (bicyclic) bond motifs is 1. The Labute approximate surface area is 175 Å². The Bertz CT molecular complexity index is 935. The molecule has 0 spiro atoms. The van der Waals surface area contributed by atoms with Gasteiger partial charge in [0.05, 0.1) is 4.90 Å². The maximum absolute atomic E-state index is 12.6. The van der Waals surface area contributed by atoms with Gasteiger partial charge >= 0.3 is 0 Å². The summed E-state index contributed by atoms with van der Waals surface area (Å²) in [6, 6.07) is 12.9. The summed E-state index contributed by atoms with van der Waals surface area (Å²) in [5.74, 6) is 1.74. The molecule has 29 heavy (non-hydrogen) atoms. The normalized spacial score (nSPS) is 13.8. The van der Waals surface area contributed by atoms with Crippen molar-refractivity contribution in [3.8, 4) is 11.5 Å². The Hall–Kier alpha value is -2.23. The van der Waals surface area contributed by atoms with Crippen molar-refractivity contribution in [2.24, 2.45) is 0 Å². The highest BCUT2D eigenvalue weighted by Gasteiger charge is 2.25. The molecule has 1 heterocycles. The van der Waals surface area contributed by atoms with Crippen molar-refractivity contribution in [1.82, 2.24) is 10.0 Å². The SMILES string of the molecule is CSCC[C@H](NS(=O)(=O)c1ccccc1)C(=O)NCCc1ccc2c(c1)OCO2. The number of carbonyl (C=O) groups is 1. The van der Waals surface area contributed by atoms with Gasteiger partial charge in [-0.2, -0.15) is 16.5 Å². The number of amides is 1. The molecule has 1 aliphatic rings. The van der Waals surface area contributed by atoms with E-state index in [2.05, 4.69) is 10.0 Å². The number of thioether (sulfide) groups is 1. The minimum atomic E-state index is -3.77. The third-order valence-electron chi connectivity index (χ3n) is 4.43. The van der Waals surface area contributed by atoms with Crippen LogP contribution in [-0.2, 0) is 21.2 Å². The van der Waals surface area contributed by atoms with E-state index >= 15 is 0 Å². The van der Waals surface area contributed by atoms with Gasteiger partial charge in [0.2, 0.25) is 22.7 Å². The predicted molar refractivity (Wildman–Crippen MR) is 113 cm³/mol. The highest BCUT2D eigenvalue weighted by molar-refractivity contribution is 7.98. The van der Waals surface area contributed by atoms with Gasteiger partial charge < -0.3 is 14.8 Å². The van der Waals surface area contributed by atoms with Crippen molar-refractivity contribution in [2.75, 3.05) is 25.3 Å². The lowest BCUT2D eigenvalue weighted by molar-refractivity contribution is -0.122. The minimum Gasteiger partial charge on any atom is -0.454 e. The van der Waals surface area contributed by atoms with Gasteiger partial charge in [0.25, 0.3) is 0 Å². The number of hydrogen-bond acceptors (Lipinski definition) is 6. The van der Waals surface area contributed by atoms with Crippen molar-refractivity contribution < 1.29 is 22.7 Å². The molecule has 0 saturated heterocycles. The van der Waals surface area contributed by atoms with Gasteiger partial charge in [-0.1, -0.05) is 24.3 Å². The second-order valence-electron chi connectivity index (χ2n) is 6.50. The molecule has 156 valence electrons. The molecule has 2 aromatic rings. The first-order valence-electron chi connectivity index (χ1n) is 9.22. The molecule has 3 rings (SSSR count). The maximum atomic E-state index is 12.6. The van der Waals surface area contributed by atoms with E-state index in [1.54, 1.807) is 30.0 Å². The van der Waals surface area contributed by atoms with E-state index in [-0.39, 0.29) is 17.6 Å². The average Bonchev–Trinajstić information content (AvgIpc) is 3.19. The molecule has 0 bridgehead atoms. The van der Waals surface area contributed by atoms with Crippen molar-refractivity contribution in [3.05, 3.63) is 54.1 Å². The van der Waals surface area contributed by atoms with Gasteiger partial charge in [-0.15, -0.1) is 0 Å². The molecule has 7 nitrogen and oxygen atoms in total. The van der Waals surface area contributed by atoms with Gasteiger partial charge in [0.15, 0.2) is 11.5 Å². The van der Waals surface area contributed by atoms with Crippen molar-refractivity contribution in [2.45, 2.75) is 23.8 Å². The molecule has 1 atom stereocenters. The van der Waals surface area contributed by atoms with E-state index in [4.69, 9.17) is 9.47 Å². The summed E-state index contributed by atoms with van der Waals surface area (Å²) in [6.07, 6.45) is 2.92. The van der Waals surface area contributed by atoms with E-state index in [9.17, 15) is 13.2 Å². The highest BCUT2D eigenvalue weighted by Crippen LogP contribution is 2.32. The van der Waals surface area contributed by atoms with Gasteiger partial charge in [-0.25, -0.2) is 8.42 Å². The molecule has 1 amide bonds. The highest BCUT2D eigenvalue weighted by atomic mass is 32.2. The molecular weight excluding hydrogens is 412 g/mol. The number of benzene rings is 2. The van der Waals surface area contributed by atoms with Crippen molar-refractivity contribution in [3.63, 3.8) is 0 Å². The summed E-state index contributed by atoms with van der Waals surface area (Å²) < 4.78 is 38.4. The van der Waals surface area contributed by atoms with Crippen LogP contribution >= 0.6 is 11.8 Å². The second kappa shape index (κ2) is 10.00. The number of carbonyl (C=O) groups excluding carboxylic acids is 1. The van der Waals surface area contributed by atoms with Crippen LogP contribution in [0.4, 0.5) is 0 Å². The van der Waals surface area contributed by atoms with Crippen molar-refractivity contribution in [1.29, 1.82) is 0 Å². The number of nitrogens with one attached hydrogen (secondary N) is 2. The monoisotopic (exact) mass is 436 g/mol. The Kier molecular flexibility index (Phi) is 7.40. The lowest BCUT2D eigenvalue weighted by atomic mass is 10.1. The summed E-state index contributed by atoms with van der Waals surface area (Å²) in [5, 5.41) is 2.83. The molecule has 0 radical (unpaired) electrons. The molecule has 0 fully saturated rings. The summed E-state index contributed by atoms with van der Waals surface area (Å²) >= 11 is 1.56. The van der Waals surface area contributed by atoms with Crippen LogP contribution in [-0.4, -0.2) is 45.7 Å². The Morgan fingerprint density at radius 1 is 1.14 bits per heavy atom. The van der Waals surface area contributed by atoms with Crippen LogP contribution in [0.1, 0.15) is 12.0 Å². The fourth-order valence-electron chi connectivity index (χ4n) is 2.88. The largest absolute Gasteiger partial charge is 0.454 e. The molecule has 2 aromatic carbocycles. The quantitative estimate of drug-likeness (QED) is 0.593. The second-order valence-corrected chi connectivity index (χ2v) is 9.20. The lowest BCUT2D eigenvalue weighted by Gasteiger charge is -2.18. The van der Waals surface area contributed by atoms with E-state index in [1.165, 1.54) is 12.1 Å². The van der Waals surface area contributed by atoms with Gasteiger partial charge in [0, 0.05) is 6.54 Å². The zero-order valence-electron chi connectivity index (χ0n) is 16.1. The minimum absolute atomic E-state index is 0.141. The predicted octanol–water partition coefficient (Wildman–Crippen LogP) is 2.17. The molecule has 0 saturated carbocycles. The van der Waals surface area contributed by atoms with E-state index in [1.807, 2.05) is 24.5 Å². The van der Waals surface area contributed by atoms with Gasteiger partial charge in [-0.05, 0) is 54.7 Å². The van der Waals surface area contributed by atoms with Crippen LogP contribution in [0.5, 0.6) is 11.5 Å². The van der Waals surface area contributed by atoms with Crippen molar-refractivity contribution >= 4 is 27.7 Å². The van der Waals surface area contributed by atoms with E-state index < -0.39 is 16.1 Å². The van der Waals surface area contributed by atoms with Crippen LogP contribution < -0.4 is 19.5 Å². The first-order valence-corrected chi connectivity index (χ1v) is 12.1.